The van der Waals surface area contributed by atoms with Gasteiger partial charge in [-0.15, -0.1) is 11.6 Å². The molecule has 1 aromatic heterocycles. The van der Waals surface area contributed by atoms with Crippen molar-refractivity contribution in [3.8, 4) is 0 Å². The van der Waals surface area contributed by atoms with Crippen molar-refractivity contribution in [2.45, 2.75) is 39.8 Å². The Morgan fingerprint density at radius 1 is 1.50 bits per heavy atom. The molecule has 0 saturated heterocycles. The fraction of sp³-hybridized carbons (Fsp3) is 0.750. The van der Waals surface area contributed by atoms with E-state index in [1.165, 1.54) is 0 Å². The van der Waals surface area contributed by atoms with Gasteiger partial charge in [-0.25, -0.2) is 0 Å². The summed E-state index contributed by atoms with van der Waals surface area (Å²) in [5.41, 5.74) is 1.13. The summed E-state index contributed by atoms with van der Waals surface area (Å²) >= 11 is 5.75. The molecular weight excluding hydrogens is 222 g/mol. The van der Waals surface area contributed by atoms with Crippen LogP contribution in [0.3, 0.4) is 0 Å². The van der Waals surface area contributed by atoms with Gasteiger partial charge in [-0.3, -0.25) is 9.58 Å². The molecule has 0 bridgehead atoms. The summed E-state index contributed by atoms with van der Waals surface area (Å²) in [6.45, 7) is 9.35. The van der Waals surface area contributed by atoms with Crippen molar-refractivity contribution in [3.05, 3.63) is 18.0 Å². The van der Waals surface area contributed by atoms with Gasteiger partial charge in [-0.1, -0.05) is 13.8 Å². The maximum atomic E-state index is 5.75. The molecule has 1 heterocycles. The first-order valence-electron chi connectivity index (χ1n) is 6.03. The summed E-state index contributed by atoms with van der Waals surface area (Å²) in [5.74, 6) is 0.680. The van der Waals surface area contributed by atoms with E-state index in [0.29, 0.717) is 11.9 Å². The molecule has 0 aliphatic heterocycles. The first kappa shape index (κ1) is 13.5. The van der Waals surface area contributed by atoms with Crippen LogP contribution in [-0.4, -0.2) is 33.6 Å². The minimum absolute atomic E-state index is 0.483. The number of halogens is 1. The van der Waals surface area contributed by atoms with Crippen LogP contribution in [0.2, 0.25) is 0 Å². The molecule has 16 heavy (non-hydrogen) atoms. The Morgan fingerprint density at radius 2 is 2.25 bits per heavy atom. The molecule has 0 aromatic carbocycles. The molecule has 0 aliphatic carbocycles. The lowest BCUT2D eigenvalue weighted by Gasteiger charge is -2.17. The van der Waals surface area contributed by atoms with Gasteiger partial charge in [0.25, 0.3) is 0 Å². The first-order valence-corrected chi connectivity index (χ1v) is 6.57. The molecular formula is C12H22ClN3. The van der Waals surface area contributed by atoms with Gasteiger partial charge in [0.15, 0.2) is 0 Å². The SMILES string of the molecule is CCC(C)n1ccc(CN(CC)CCCl)n1. The predicted octanol–water partition coefficient (Wildman–Crippen LogP) is 2.91. The van der Waals surface area contributed by atoms with Gasteiger partial charge < -0.3 is 0 Å². The summed E-state index contributed by atoms with van der Waals surface area (Å²) in [6, 6.07) is 2.58. The molecule has 0 saturated carbocycles. The van der Waals surface area contributed by atoms with Gasteiger partial charge in [0, 0.05) is 31.2 Å². The molecule has 92 valence electrons. The third-order valence-corrected chi connectivity index (χ3v) is 3.11. The first-order chi connectivity index (χ1) is 7.71. The number of aromatic nitrogens is 2. The van der Waals surface area contributed by atoms with Crippen molar-refractivity contribution in [2.75, 3.05) is 19.0 Å². The highest BCUT2D eigenvalue weighted by Crippen LogP contribution is 2.10. The van der Waals surface area contributed by atoms with Gasteiger partial charge in [0.05, 0.1) is 5.69 Å². The van der Waals surface area contributed by atoms with Crippen molar-refractivity contribution in [3.63, 3.8) is 0 Å². The molecule has 0 aliphatic rings. The van der Waals surface area contributed by atoms with E-state index < -0.39 is 0 Å². The Morgan fingerprint density at radius 3 is 2.81 bits per heavy atom. The summed E-state index contributed by atoms with van der Waals surface area (Å²) in [7, 11) is 0. The predicted molar refractivity (Wildman–Crippen MR) is 68.9 cm³/mol. The second-order valence-electron chi connectivity index (χ2n) is 4.10. The standard InChI is InChI=1S/C12H22ClN3/c1-4-11(3)16-8-6-12(14-16)10-15(5-2)9-7-13/h6,8,11H,4-5,7,9-10H2,1-3H3. The smallest absolute Gasteiger partial charge is 0.0764 e. The third-order valence-electron chi connectivity index (χ3n) is 2.94. The van der Waals surface area contributed by atoms with Crippen molar-refractivity contribution in [2.24, 2.45) is 0 Å². The highest BCUT2D eigenvalue weighted by Gasteiger charge is 2.07. The molecule has 0 radical (unpaired) electrons. The third kappa shape index (κ3) is 3.80. The van der Waals surface area contributed by atoms with Gasteiger partial charge in [0.2, 0.25) is 0 Å². The summed E-state index contributed by atoms with van der Waals surface area (Å²) in [6.07, 6.45) is 3.18. The van der Waals surface area contributed by atoms with Crippen LogP contribution in [0.15, 0.2) is 12.3 Å². The van der Waals surface area contributed by atoms with Crippen LogP contribution >= 0.6 is 11.6 Å². The van der Waals surface area contributed by atoms with Crippen molar-refractivity contribution in [1.82, 2.24) is 14.7 Å². The Bertz CT molecular complexity index is 298. The minimum atomic E-state index is 0.483. The zero-order valence-electron chi connectivity index (χ0n) is 10.5. The molecule has 4 heteroatoms. The molecule has 3 nitrogen and oxygen atoms in total. The lowest BCUT2D eigenvalue weighted by atomic mass is 10.3. The van der Waals surface area contributed by atoms with Crippen LogP contribution in [0.1, 0.15) is 38.9 Å². The normalized spacial score (nSPS) is 13.3. The molecule has 1 unspecified atom stereocenters. The fourth-order valence-corrected chi connectivity index (χ4v) is 1.83. The van der Waals surface area contributed by atoms with Crippen LogP contribution < -0.4 is 0 Å². The van der Waals surface area contributed by atoms with Gasteiger partial charge in [-0.2, -0.15) is 5.10 Å². The number of hydrogen-bond donors (Lipinski definition) is 0. The molecule has 1 atom stereocenters. The van der Waals surface area contributed by atoms with E-state index >= 15 is 0 Å². The zero-order chi connectivity index (χ0) is 12.0. The van der Waals surface area contributed by atoms with E-state index in [0.717, 1.165) is 31.7 Å². The molecule has 1 rings (SSSR count). The average molecular weight is 244 g/mol. The van der Waals surface area contributed by atoms with Crippen LogP contribution in [0.4, 0.5) is 0 Å². The van der Waals surface area contributed by atoms with Gasteiger partial charge in [0.1, 0.15) is 0 Å². The summed E-state index contributed by atoms with van der Waals surface area (Å²) in [5, 5.41) is 4.58. The van der Waals surface area contributed by atoms with E-state index in [-0.39, 0.29) is 0 Å². The van der Waals surface area contributed by atoms with E-state index in [4.69, 9.17) is 11.6 Å². The number of hydrogen-bond acceptors (Lipinski definition) is 2. The molecule has 0 amide bonds. The molecule has 0 N–H and O–H groups in total. The van der Waals surface area contributed by atoms with Crippen LogP contribution in [0.5, 0.6) is 0 Å². The largest absolute Gasteiger partial charge is 0.297 e. The number of nitrogens with zero attached hydrogens (tertiary/aromatic N) is 3. The van der Waals surface area contributed by atoms with Crippen molar-refractivity contribution in [1.29, 1.82) is 0 Å². The van der Waals surface area contributed by atoms with Crippen molar-refractivity contribution < 1.29 is 0 Å². The van der Waals surface area contributed by atoms with E-state index in [2.05, 4.69) is 43.0 Å². The maximum Gasteiger partial charge on any atom is 0.0764 e. The van der Waals surface area contributed by atoms with Crippen LogP contribution in [-0.2, 0) is 6.54 Å². The van der Waals surface area contributed by atoms with Gasteiger partial charge in [-0.05, 0) is 26.0 Å². The zero-order valence-corrected chi connectivity index (χ0v) is 11.2. The molecule has 0 spiro atoms. The lowest BCUT2D eigenvalue weighted by Crippen LogP contribution is -2.25. The highest BCUT2D eigenvalue weighted by atomic mass is 35.5. The number of alkyl halides is 1. The Balaban J connectivity index is 2.56. The Kier molecular flexibility index (Phi) is 5.85. The number of rotatable bonds is 7. The maximum absolute atomic E-state index is 5.75. The fourth-order valence-electron chi connectivity index (χ4n) is 1.59. The monoisotopic (exact) mass is 243 g/mol. The van der Waals surface area contributed by atoms with Crippen molar-refractivity contribution >= 4 is 11.6 Å². The summed E-state index contributed by atoms with van der Waals surface area (Å²) < 4.78 is 2.05. The Labute approximate surface area is 103 Å². The Hall–Kier alpha value is -0.540. The van der Waals surface area contributed by atoms with Crippen LogP contribution in [0.25, 0.3) is 0 Å². The summed E-state index contributed by atoms with van der Waals surface area (Å²) in [4.78, 5) is 2.30. The minimum Gasteiger partial charge on any atom is -0.297 e. The quantitative estimate of drug-likeness (QED) is 0.687. The van der Waals surface area contributed by atoms with E-state index in [1.54, 1.807) is 0 Å². The lowest BCUT2D eigenvalue weighted by molar-refractivity contribution is 0.291. The average Bonchev–Trinajstić information content (AvgIpc) is 2.76. The van der Waals surface area contributed by atoms with Gasteiger partial charge >= 0.3 is 0 Å². The highest BCUT2D eigenvalue weighted by molar-refractivity contribution is 6.18. The molecule has 0 fully saturated rings. The molecule has 1 aromatic rings. The van der Waals surface area contributed by atoms with E-state index in [9.17, 15) is 0 Å². The van der Waals surface area contributed by atoms with Crippen LogP contribution in [0, 0.1) is 0 Å². The second kappa shape index (κ2) is 6.92. The van der Waals surface area contributed by atoms with E-state index in [1.807, 2.05) is 4.68 Å². The topological polar surface area (TPSA) is 21.1 Å². The second-order valence-corrected chi connectivity index (χ2v) is 4.48.